The highest BCUT2D eigenvalue weighted by atomic mass is 35.5. The van der Waals surface area contributed by atoms with E-state index >= 15 is 0 Å². The molecule has 5 nitrogen and oxygen atoms in total. The molecular formula is C21H35ClO5. The van der Waals surface area contributed by atoms with Crippen molar-refractivity contribution in [2.24, 2.45) is 11.8 Å². The molecule has 156 valence electrons. The number of unbranched alkanes of at least 4 members (excludes halogenated alkanes) is 3. The van der Waals surface area contributed by atoms with E-state index in [2.05, 4.69) is 0 Å². The molecule has 1 aliphatic carbocycles. The van der Waals surface area contributed by atoms with E-state index in [-0.39, 0.29) is 35.6 Å². The fourth-order valence-electron chi connectivity index (χ4n) is 4.08. The van der Waals surface area contributed by atoms with Gasteiger partial charge in [-0.05, 0) is 50.9 Å². The van der Waals surface area contributed by atoms with Gasteiger partial charge in [-0.25, -0.2) is 0 Å². The van der Waals surface area contributed by atoms with Crippen molar-refractivity contribution in [3.8, 4) is 0 Å². The fraction of sp³-hybridized carbons (Fsp3) is 0.905. The van der Waals surface area contributed by atoms with Crippen LogP contribution in [-0.4, -0.2) is 43.2 Å². The molecule has 0 aromatic heterocycles. The molecule has 1 aliphatic heterocycles. The van der Waals surface area contributed by atoms with Gasteiger partial charge in [0.25, 0.3) is 0 Å². The van der Waals surface area contributed by atoms with E-state index in [9.17, 15) is 9.59 Å². The summed E-state index contributed by atoms with van der Waals surface area (Å²) in [6.07, 6.45) is 10.8. The van der Waals surface area contributed by atoms with Crippen molar-refractivity contribution < 1.29 is 23.8 Å². The maximum Gasteiger partial charge on any atom is 0.305 e. The third kappa shape index (κ3) is 7.71. The molecule has 1 heterocycles. The topological polar surface area (TPSA) is 61.8 Å². The summed E-state index contributed by atoms with van der Waals surface area (Å²) in [7, 11) is 0. The van der Waals surface area contributed by atoms with Gasteiger partial charge in [-0.15, -0.1) is 11.6 Å². The average molecular weight is 403 g/mol. The van der Waals surface area contributed by atoms with Gasteiger partial charge >= 0.3 is 5.97 Å². The number of alkyl halides is 1. The van der Waals surface area contributed by atoms with Gasteiger partial charge in [0.15, 0.2) is 6.29 Å². The van der Waals surface area contributed by atoms with Crippen LogP contribution in [0, 0.1) is 11.8 Å². The Hall–Kier alpha value is -0.650. The molecule has 0 radical (unpaired) electrons. The lowest BCUT2D eigenvalue weighted by molar-refractivity contribution is -0.194. The highest BCUT2D eigenvalue weighted by Gasteiger charge is 2.43. The molecule has 1 saturated heterocycles. The first kappa shape index (κ1) is 22.6. The first-order valence-electron chi connectivity index (χ1n) is 10.7. The van der Waals surface area contributed by atoms with Crippen molar-refractivity contribution in [1.82, 2.24) is 0 Å². The molecule has 0 N–H and O–H groups in total. The summed E-state index contributed by atoms with van der Waals surface area (Å²) >= 11 is 6.55. The second kappa shape index (κ2) is 12.7. The van der Waals surface area contributed by atoms with E-state index < -0.39 is 0 Å². The van der Waals surface area contributed by atoms with Gasteiger partial charge in [-0.3, -0.25) is 4.79 Å². The van der Waals surface area contributed by atoms with Crippen LogP contribution in [0.2, 0.25) is 0 Å². The fourth-order valence-corrected chi connectivity index (χ4v) is 4.55. The molecule has 2 rings (SSSR count). The lowest BCUT2D eigenvalue weighted by Crippen LogP contribution is -2.32. The molecule has 1 saturated carbocycles. The van der Waals surface area contributed by atoms with Gasteiger partial charge in [-0.1, -0.05) is 26.2 Å². The largest absolute Gasteiger partial charge is 0.466 e. The number of carbonyl (C=O) groups is 2. The molecule has 5 atom stereocenters. The van der Waals surface area contributed by atoms with E-state index in [0.717, 1.165) is 77.1 Å². The molecular weight excluding hydrogens is 368 g/mol. The van der Waals surface area contributed by atoms with Crippen molar-refractivity contribution in [1.29, 1.82) is 0 Å². The number of hydrogen-bond donors (Lipinski definition) is 0. The second-order valence-corrected chi connectivity index (χ2v) is 8.33. The predicted octanol–water partition coefficient (Wildman–Crippen LogP) is 4.63. The number of esters is 1. The molecule has 0 aromatic rings. The van der Waals surface area contributed by atoms with Crippen LogP contribution in [0.4, 0.5) is 0 Å². The zero-order valence-electron chi connectivity index (χ0n) is 16.6. The zero-order valence-corrected chi connectivity index (χ0v) is 17.3. The molecule has 27 heavy (non-hydrogen) atoms. The van der Waals surface area contributed by atoms with E-state index in [4.69, 9.17) is 25.8 Å². The maximum atomic E-state index is 11.7. The molecule has 0 bridgehead atoms. The van der Waals surface area contributed by atoms with Gasteiger partial charge in [0.2, 0.25) is 0 Å². The van der Waals surface area contributed by atoms with Gasteiger partial charge in [0.05, 0.1) is 12.7 Å². The first-order chi connectivity index (χ1) is 13.2. The van der Waals surface area contributed by atoms with Gasteiger partial charge < -0.3 is 19.0 Å². The SMILES string of the molecule is CCCOC(=O)CCCCCC[C@@H]1[C@@H](C=O)[C@H](OC2CCCCO2)C[C@@H]1Cl. The average Bonchev–Trinajstić information content (AvgIpc) is 2.97. The van der Waals surface area contributed by atoms with E-state index in [1.807, 2.05) is 6.92 Å². The number of ether oxygens (including phenoxy) is 3. The minimum Gasteiger partial charge on any atom is -0.466 e. The van der Waals surface area contributed by atoms with Crippen LogP contribution in [0.15, 0.2) is 0 Å². The summed E-state index contributed by atoms with van der Waals surface area (Å²) in [4.78, 5) is 23.1. The number of carbonyl (C=O) groups excluding carboxylic acids is 2. The van der Waals surface area contributed by atoms with E-state index in [0.29, 0.717) is 13.0 Å². The van der Waals surface area contributed by atoms with Crippen molar-refractivity contribution in [2.75, 3.05) is 13.2 Å². The Balaban J connectivity index is 1.64. The summed E-state index contributed by atoms with van der Waals surface area (Å²) in [5.74, 6) is -0.0614. The van der Waals surface area contributed by atoms with Gasteiger partial charge in [0.1, 0.15) is 6.29 Å². The third-order valence-corrected chi connectivity index (χ3v) is 6.10. The van der Waals surface area contributed by atoms with Crippen LogP contribution in [0.25, 0.3) is 0 Å². The highest BCUT2D eigenvalue weighted by Crippen LogP contribution is 2.40. The molecule has 1 unspecified atom stereocenters. The van der Waals surface area contributed by atoms with Crippen LogP contribution in [-0.2, 0) is 23.8 Å². The lowest BCUT2D eigenvalue weighted by atomic mass is 9.90. The summed E-state index contributed by atoms with van der Waals surface area (Å²) in [5, 5.41) is -0.0159. The van der Waals surface area contributed by atoms with Crippen LogP contribution in [0.1, 0.15) is 77.6 Å². The number of hydrogen-bond acceptors (Lipinski definition) is 5. The Labute approximate surface area is 168 Å². The molecule has 0 amide bonds. The van der Waals surface area contributed by atoms with Crippen molar-refractivity contribution in [3.05, 3.63) is 0 Å². The van der Waals surface area contributed by atoms with Crippen LogP contribution in [0.3, 0.4) is 0 Å². The van der Waals surface area contributed by atoms with E-state index in [1.54, 1.807) is 0 Å². The minimum atomic E-state index is -0.179. The van der Waals surface area contributed by atoms with Crippen molar-refractivity contribution in [2.45, 2.75) is 95.3 Å². The Kier molecular flexibility index (Phi) is 10.7. The van der Waals surface area contributed by atoms with Gasteiger partial charge in [-0.2, -0.15) is 0 Å². The number of rotatable bonds is 12. The highest BCUT2D eigenvalue weighted by molar-refractivity contribution is 6.21. The Morgan fingerprint density at radius 3 is 2.74 bits per heavy atom. The zero-order chi connectivity index (χ0) is 19.5. The van der Waals surface area contributed by atoms with Crippen molar-refractivity contribution >= 4 is 23.9 Å². The molecule has 6 heteroatoms. The third-order valence-electron chi connectivity index (χ3n) is 5.60. The summed E-state index contributed by atoms with van der Waals surface area (Å²) in [6.45, 7) is 3.24. The molecule has 2 aliphatic rings. The van der Waals surface area contributed by atoms with Gasteiger partial charge in [0, 0.05) is 24.3 Å². The van der Waals surface area contributed by atoms with E-state index in [1.165, 1.54) is 0 Å². The normalized spacial score (nSPS) is 31.0. The molecule has 0 spiro atoms. The lowest BCUT2D eigenvalue weighted by Gasteiger charge is -2.28. The first-order valence-corrected chi connectivity index (χ1v) is 11.1. The maximum absolute atomic E-state index is 11.7. The Morgan fingerprint density at radius 2 is 2.04 bits per heavy atom. The summed E-state index contributed by atoms with van der Waals surface area (Å²) < 4.78 is 16.8. The summed E-state index contributed by atoms with van der Waals surface area (Å²) in [6, 6.07) is 0. The standard InChI is InChI=1S/C21H35ClO5/c1-2-12-25-20(24)10-6-4-3-5-9-16-17(15-23)19(14-18(16)22)27-21-11-7-8-13-26-21/h15-19,21H,2-14H2,1H3/t16-,17-,18+,19-,21?/m1/s1. The van der Waals surface area contributed by atoms with Crippen LogP contribution >= 0.6 is 11.6 Å². The minimum absolute atomic E-state index is 0.0159. The Bertz CT molecular complexity index is 438. The predicted molar refractivity (Wildman–Crippen MR) is 105 cm³/mol. The molecule has 2 fully saturated rings. The monoisotopic (exact) mass is 402 g/mol. The Morgan fingerprint density at radius 1 is 1.22 bits per heavy atom. The quantitative estimate of drug-likeness (QED) is 0.206. The second-order valence-electron chi connectivity index (χ2n) is 7.77. The van der Waals surface area contributed by atoms with Crippen molar-refractivity contribution in [3.63, 3.8) is 0 Å². The van der Waals surface area contributed by atoms with Crippen LogP contribution < -0.4 is 0 Å². The number of halogens is 1. The number of aldehydes is 1. The van der Waals surface area contributed by atoms with Crippen LogP contribution in [0.5, 0.6) is 0 Å². The summed E-state index contributed by atoms with van der Waals surface area (Å²) in [5.41, 5.74) is 0. The molecule has 0 aromatic carbocycles. The smallest absolute Gasteiger partial charge is 0.305 e.